The van der Waals surface area contributed by atoms with Crippen molar-refractivity contribution in [1.29, 1.82) is 0 Å². The quantitative estimate of drug-likeness (QED) is 0.772. The molecule has 0 spiro atoms. The van der Waals surface area contributed by atoms with Gasteiger partial charge in [-0.15, -0.1) is 11.3 Å². The average molecular weight is 379 g/mol. The number of aromatic amines is 1. The minimum atomic E-state index is -0.00288. The van der Waals surface area contributed by atoms with Crippen LogP contribution in [0.3, 0.4) is 0 Å². The first-order chi connectivity index (χ1) is 12.2. The molecule has 2 aliphatic rings. The third-order valence-electron chi connectivity index (χ3n) is 4.79. The lowest BCUT2D eigenvalue weighted by Crippen LogP contribution is -2.46. The highest BCUT2D eigenvalue weighted by atomic mass is 32.2. The molecule has 0 atom stereocenters. The Bertz CT molecular complexity index is 839. The summed E-state index contributed by atoms with van der Waals surface area (Å²) in [4.78, 5) is 36.2. The fourth-order valence-corrected chi connectivity index (χ4v) is 5.59. The molecule has 0 saturated carbocycles. The van der Waals surface area contributed by atoms with Crippen molar-refractivity contribution < 1.29 is 4.79 Å². The van der Waals surface area contributed by atoms with Crippen molar-refractivity contribution in [3.63, 3.8) is 0 Å². The van der Waals surface area contributed by atoms with E-state index in [-0.39, 0.29) is 11.5 Å². The van der Waals surface area contributed by atoms with Gasteiger partial charge in [0.1, 0.15) is 10.7 Å². The van der Waals surface area contributed by atoms with Crippen molar-refractivity contribution in [3.8, 4) is 0 Å². The Hall–Kier alpha value is -1.38. The molecule has 1 fully saturated rings. The van der Waals surface area contributed by atoms with Gasteiger partial charge >= 0.3 is 0 Å². The van der Waals surface area contributed by atoms with E-state index in [1.54, 1.807) is 23.1 Å². The first-order valence-corrected chi connectivity index (χ1v) is 10.8. The second kappa shape index (κ2) is 7.47. The Labute approximate surface area is 154 Å². The van der Waals surface area contributed by atoms with Gasteiger partial charge in [0.2, 0.25) is 5.91 Å². The fourth-order valence-electron chi connectivity index (χ4n) is 3.52. The minimum absolute atomic E-state index is 0.00288. The number of nitrogens with one attached hydrogen (secondary N) is 2. The van der Waals surface area contributed by atoms with Crippen molar-refractivity contribution in [1.82, 2.24) is 20.2 Å². The molecular formula is C17H22N4O2S2. The van der Waals surface area contributed by atoms with Crippen molar-refractivity contribution in [3.05, 3.63) is 26.6 Å². The van der Waals surface area contributed by atoms with E-state index in [4.69, 9.17) is 0 Å². The molecule has 25 heavy (non-hydrogen) atoms. The van der Waals surface area contributed by atoms with Crippen molar-refractivity contribution in [2.24, 2.45) is 0 Å². The Morgan fingerprint density at radius 2 is 2.12 bits per heavy atom. The molecule has 1 amide bonds. The van der Waals surface area contributed by atoms with Crippen molar-refractivity contribution in [2.45, 2.75) is 31.4 Å². The Morgan fingerprint density at radius 3 is 2.96 bits per heavy atom. The van der Waals surface area contributed by atoms with Gasteiger partial charge in [-0.1, -0.05) is 0 Å². The van der Waals surface area contributed by atoms with Crippen LogP contribution in [0.15, 0.2) is 4.79 Å². The van der Waals surface area contributed by atoms with E-state index in [2.05, 4.69) is 15.3 Å². The van der Waals surface area contributed by atoms with Crippen LogP contribution < -0.4 is 10.9 Å². The third kappa shape index (κ3) is 3.61. The summed E-state index contributed by atoms with van der Waals surface area (Å²) in [5.41, 5.74) is 1.21. The number of piperazine rings is 1. The van der Waals surface area contributed by atoms with Gasteiger partial charge in [-0.25, -0.2) is 4.98 Å². The lowest BCUT2D eigenvalue weighted by molar-refractivity contribution is -0.131. The molecule has 134 valence electrons. The van der Waals surface area contributed by atoms with Crippen molar-refractivity contribution >= 4 is 39.2 Å². The standard InChI is InChI=1S/C17H22N4O2S2/c22-14(21-7-5-18-6-8-21)4-9-24-10-13-19-16(23)15-11-2-1-3-12(11)25-17(15)20-13/h18H,1-10H2,(H,19,20,23). The molecule has 2 N–H and O–H groups in total. The van der Waals surface area contributed by atoms with E-state index in [0.29, 0.717) is 12.2 Å². The molecule has 2 aromatic heterocycles. The third-order valence-corrected chi connectivity index (χ3v) is 6.95. The molecule has 1 aliphatic heterocycles. The Balaban J connectivity index is 1.34. The molecule has 4 rings (SSSR count). The van der Waals surface area contributed by atoms with Crippen LogP contribution in [0.1, 0.15) is 29.1 Å². The number of nitrogens with zero attached hydrogens (tertiary/aromatic N) is 2. The number of H-pyrrole nitrogens is 1. The predicted molar refractivity (Wildman–Crippen MR) is 102 cm³/mol. The number of aromatic nitrogens is 2. The van der Waals surface area contributed by atoms with E-state index < -0.39 is 0 Å². The maximum atomic E-state index is 12.4. The van der Waals surface area contributed by atoms with Gasteiger partial charge in [0, 0.05) is 43.2 Å². The molecule has 0 radical (unpaired) electrons. The van der Waals surface area contributed by atoms with E-state index in [9.17, 15) is 9.59 Å². The van der Waals surface area contributed by atoms with Crippen LogP contribution in [0.25, 0.3) is 10.2 Å². The van der Waals surface area contributed by atoms with Gasteiger partial charge in [-0.3, -0.25) is 9.59 Å². The summed E-state index contributed by atoms with van der Waals surface area (Å²) in [6.07, 6.45) is 3.77. The van der Waals surface area contributed by atoms with Crippen molar-refractivity contribution in [2.75, 3.05) is 31.9 Å². The number of hydrogen-bond donors (Lipinski definition) is 2. The monoisotopic (exact) mass is 378 g/mol. The number of thioether (sulfide) groups is 1. The number of thiophene rings is 1. The molecule has 2 aromatic rings. The number of carbonyl (C=O) groups excluding carboxylic acids is 1. The smallest absolute Gasteiger partial charge is 0.259 e. The molecule has 8 heteroatoms. The van der Waals surface area contributed by atoms with Crippen LogP contribution in [-0.2, 0) is 23.4 Å². The van der Waals surface area contributed by atoms with Gasteiger partial charge in [-0.2, -0.15) is 11.8 Å². The summed E-state index contributed by atoms with van der Waals surface area (Å²) < 4.78 is 0. The van der Waals surface area contributed by atoms with E-state index >= 15 is 0 Å². The van der Waals surface area contributed by atoms with Gasteiger partial charge in [0.25, 0.3) is 5.56 Å². The van der Waals surface area contributed by atoms with Crippen LogP contribution in [0, 0.1) is 0 Å². The van der Waals surface area contributed by atoms with E-state index in [1.165, 1.54) is 10.4 Å². The summed E-state index contributed by atoms with van der Waals surface area (Å²) in [6, 6.07) is 0. The molecule has 1 saturated heterocycles. The second-order valence-electron chi connectivity index (χ2n) is 6.48. The van der Waals surface area contributed by atoms with Gasteiger partial charge < -0.3 is 15.2 Å². The molecular weight excluding hydrogens is 356 g/mol. The van der Waals surface area contributed by atoms with Gasteiger partial charge in [0.05, 0.1) is 11.1 Å². The van der Waals surface area contributed by atoms with Crippen LogP contribution >= 0.6 is 23.1 Å². The SMILES string of the molecule is O=C(CCSCc1nc2sc3c(c2c(=O)[nH]1)CCC3)N1CCNCC1. The first kappa shape index (κ1) is 17.1. The normalized spacial score (nSPS) is 17.2. The lowest BCUT2D eigenvalue weighted by Gasteiger charge is -2.27. The van der Waals surface area contributed by atoms with Crippen LogP contribution in [0.5, 0.6) is 0 Å². The zero-order valence-corrected chi connectivity index (χ0v) is 15.7. The molecule has 0 aromatic carbocycles. The topological polar surface area (TPSA) is 78.1 Å². The summed E-state index contributed by atoms with van der Waals surface area (Å²) in [6.45, 7) is 3.37. The maximum Gasteiger partial charge on any atom is 0.259 e. The lowest BCUT2D eigenvalue weighted by atomic mass is 10.2. The number of carbonyl (C=O) groups is 1. The van der Waals surface area contributed by atoms with Crippen LogP contribution in [0.2, 0.25) is 0 Å². The molecule has 6 nitrogen and oxygen atoms in total. The fraction of sp³-hybridized carbons (Fsp3) is 0.588. The number of aryl methyl sites for hydroxylation is 2. The second-order valence-corrected chi connectivity index (χ2v) is 8.67. The average Bonchev–Trinajstić information content (AvgIpc) is 3.20. The first-order valence-electron chi connectivity index (χ1n) is 8.82. The van der Waals surface area contributed by atoms with Crippen LogP contribution in [-0.4, -0.2) is 52.7 Å². The minimum Gasteiger partial charge on any atom is -0.340 e. The number of amides is 1. The van der Waals surface area contributed by atoms with Gasteiger partial charge in [-0.05, 0) is 24.8 Å². The largest absolute Gasteiger partial charge is 0.340 e. The maximum absolute atomic E-state index is 12.4. The summed E-state index contributed by atoms with van der Waals surface area (Å²) in [5, 5.41) is 4.06. The zero-order chi connectivity index (χ0) is 17.2. The number of rotatable bonds is 5. The highest BCUT2D eigenvalue weighted by Crippen LogP contribution is 2.34. The summed E-state index contributed by atoms with van der Waals surface area (Å²) in [7, 11) is 0. The molecule has 0 bridgehead atoms. The number of fused-ring (bicyclic) bond motifs is 3. The summed E-state index contributed by atoms with van der Waals surface area (Å²) >= 11 is 3.33. The Kier molecular flexibility index (Phi) is 5.10. The number of hydrogen-bond acceptors (Lipinski definition) is 6. The van der Waals surface area contributed by atoms with Crippen LogP contribution in [0.4, 0.5) is 0 Å². The summed E-state index contributed by atoms with van der Waals surface area (Å²) in [5.74, 6) is 2.34. The van der Waals surface area contributed by atoms with Gasteiger partial charge in [0.15, 0.2) is 0 Å². The molecule has 1 aliphatic carbocycles. The molecule has 3 heterocycles. The zero-order valence-electron chi connectivity index (χ0n) is 14.1. The Morgan fingerprint density at radius 1 is 1.28 bits per heavy atom. The molecule has 0 unspecified atom stereocenters. The van der Waals surface area contributed by atoms with E-state index in [0.717, 1.165) is 67.2 Å². The predicted octanol–water partition coefficient (Wildman–Crippen LogP) is 1.53. The highest BCUT2D eigenvalue weighted by molar-refractivity contribution is 7.98. The highest BCUT2D eigenvalue weighted by Gasteiger charge is 2.21. The van der Waals surface area contributed by atoms with E-state index in [1.807, 2.05) is 4.90 Å².